The monoisotopic (exact) mass is 208 g/mol. The molecule has 1 aliphatic rings. The second-order valence-corrected chi connectivity index (χ2v) is 4.12. The second-order valence-electron chi connectivity index (χ2n) is 4.12. The Morgan fingerprint density at radius 1 is 1.73 bits per heavy atom. The molecule has 82 valence electrons. The number of rotatable bonds is 2. The van der Waals surface area contributed by atoms with Crippen LogP contribution in [0.3, 0.4) is 0 Å². The Morgan fingerprint density at radius 3 is 3.07 bits per heavy atom. The Morgan fingerprint density at radius 2 is 2.53 bits per heavy atom. The van der Waals surface area contributed by atoms with Gasteiger partial charge in [0.15, 0.2) is 5.76 Å². The average molecular weight is 208 g/mol. The van der Waals surface area contributed by atoms with E-state index in [1.807, 2.05) is 4.90 Å². The van der Waals surface area contributed by atoms with E-state index < -0.39 is 0 Å². The van der Waals surface area contributed by atoms with Gasteiger partial charge in [0.2, 0.25) is 0 Å². The van der Waals surface area contributed by atoms with Crippen LogP contribution in [0.15, 0.2) is 22.8 Å². The summed E-state index contributed by atoms with van der Waals surface area (Å²) in [6.07, 6.45) is 2.51. The quantitative estimate of drug-likeness (QED) is 0.791. The molecule has 4 heteroatoms. The van der Waals surface area contributed by atoms with Gasteiger partial charge in [0.05, 0.1) is 6.26 Å². The van der Waals surface area contributed by atoms with Crippen molar-refractivity contribution >= 4 is 5.91 Å². The Labute approximate surface area is 89.0 Å². The number of amides is 1. The van der Waals surface area contributed by atoms with E-state index in [1.165, 1.54) is 6.26 Å². The highest BCUT2D eigenvalue weighted by Crippen LogP contribution is 2.24. The van der Waals surface area contributed by atoms with E-state index in [-0.39, 0.29) is 11.9 Å². The summed E-state index contributed by atoms with van der Waals surface area (Å²) < 4.78 is 5.10. The van der Waals surface area contributed by atoms with E-state index in [4.69, 9.17) is 10.2 Å². The van der Waals surface area contributed by atoms with Crippen molar-refractivity contribution in [3.05, 3.63) is 24.2 Å². The van der Waals surface area contributed by atoms with Gasteiger partial charge in [-0.1, -0.05) is 0 Å². The fraction of sp³-hybridized carbons (Fsp3) is 0.545. The first-order chi connectivity index (χ1) is 7.22. The molecule has 0 radical (unpaired) electrons. The molecule has 0 spiro atoms. The maximum atomic E-state index is 12.0. The number of furan rings is 1. The zero-order chi connectivity index (χ0) is 10.8. The molecule has 2 N–H and O–H groups in total. The summed E-state index contributed by atoms with van der Waals surface area (Å²) in [6.45, 7) is 3.44. The smallest absolute Gasteiger partial charge is 0.289 e. The van der Waals surface area contributed by atoms with Crippen LogP contribution in [-0.2, 0) is 0 Å². The number of likely N-dealkylation sites (tertiary alicyclic amines) is 1. The van der Waals surface area contributed by atoms with Crippen molar-refractivity contribution in [3.63, 3.8) is 0 Å². The van der Waals surface area contributed by atoms with Gasteiger partial charge in [-0.3, -0.25) is 4.79 Å². The largest absolute Gasteiger partial charge is 0.459 e. The van der Waals surface area contributed by atoms with Crippen molar-refractivity contribution in [1.29, 1.82) is 0 Å². The molecule has 15 heavy (non-hydrogen) atoms. The van der Waals surface area contributed by atoms with Crippen molar-refractivity contribution in [1.82, 2.24) is 4.90 Å². The molecular formula is C11H16N2O2. The van der Waals surface area contributed by atoms with Gasteiger partial charge in [0.1, 0.15) is 0 Å². The molecule has 0 aromatic carbocycles. The van der Waals surface area contributed by atoms with E-state index in [0.29, 0.717) is 18.2 Å². The summed E-state index contributed by atoms with van der Waals surface area (Å²) >= 11 is 0. The second kappa shape index (κ2) is 4.06. The van der Waals surface area contributed by atoms with E-state index in [9.17, 15) is 4.79 Å². The molecule has 1 aromatic rings. The van der Waals surface area contributed by atoms with Crippen LogP contribution in [0.4, 0.5) is 0 Å². The van der Waals surface area contributed by atoms with Crippen molar-refractivity contribution in [3.8, 4) is 0 Å². The first-order valence-corrected chi connectivity index (χ1v) is 5.27. The molecule has 0 bridgehead atoms. The van der Waals surface area contributed by atoms with E-state index in [2.05, 4.69) is 6.92 Å². The van der Waals surface area contributed by atoms with E-state index >= 15 is 0 Å². The molecule has 4 nitrogen and oxygen atoms in total. The third-order valence-corrected chi connectivity index (χ3v) is 2.99. The lowest BCUT2D eigenvalue weighted by Gasteiger charge is -2.19. The molecular weight excluding hydrogens is 192 g/mol. The molecule has 1 amide bonds. The predicted octanol–water partition coefficient (Wildman–Crippen LogP) is 1.09. The summed E-state index contributed by atoms with van der Waals surface area (Å²) in [5.41, 5.74) is 5.62. The minimum atomic E-state index is -0.0246. The zero-order valence-electron chi connectivity index (χ0n) is 8.85. The van der Waals surface area contributed by atoms with Crippen LogP contribution in [-0.4, -0.2) is 29.9 Å². The van der Waals surface area contributed by atoms with Crippen LogP contribution >= 0.6 is 0 Å². The standard InChI is InChI=1S/C11H16N2O2/c1-8-5-9(6-12)7-13(8)11(14)10-3-2-4-15-10/h2-4,8-9H,5-7,12H2,1H3. The first kappa shape index (κ1) is 10.2. The Kier molecular flexibility index (Phi) is 2.77. The Bertz CT molecular complexity index is 334. The van der Waals surface area contributed by atoms with Gasteiger partial charge in [-0.2, -0.15) is 0 Å². The minimum Gasteiger partial charge on any atom is -0.459 e. The van der Waals surface area contributed by atoms with Crippen LogP contribution in [0.25, 0.3) is 0 Å². The maximum Gasteiger partial charge on any atom is 0.289 e. The van der Waals surface area contributed by atoms with Gasteiger partial charge < -0.3 is 15.1 Å². The highest BCUT2D eigenvalue weighted by molar-refractivity contribution is 5.91. The molecule has 0 aliphatic carbocycles. The van der Waals surface area contributed by atoms with Gasteiger partial charge in [-0.15, -0.1) is 0 Å². The van der Waals surface area contributed by atoms with Crippen LogP contribution in [0.1, 0.15) is 23.9 Å². The lowest BCUT2D eigenvalue weighted by atomic mass is 10.1. The highest BCUT2D eigenvalue weighted by atomic mass is 16.3. The molecule has 1 fully saturated rings. The summed E-state index contributed by atoms with van der Waals surface area (Å²) in [5, 5.41) is 0. The first-order valence-electron chi connectivity index (χ1n) is 5.27. The SMILES string of the molecule is CC1CC(CN)CN1C(=O)c1ccco1. The van der Waals surface area contributed by atoms with E-state index in [0.717, 1.165) is 13.0 Å². The molecule has 1 aliphatic heterocycles. The predicted molar refractivity (Wildman–Crippen MR) is 56.4 cm³/mol. The number of hydrogen-bond donors (Lipinski definition) is 1. The fourth-order valence-electron chi connectivity index (χ4n) is 2.14. The van der Waals surface area contributed by atoms with Crippen LogP contribution in [0.5, 0.6) is 0 Å². The normalized spacial score (nSPS) is 25.9. The maximum absolute atomic E-state index is 12.0. The molecule has 1 saturated heterocycles. The lowest BCUT2D eigenvalue weighted by molar-refractivity contribution is 0.0711. The minimum absolute atomic E-state index is 0.0246. The molecule has 1 aromatic heterocycles. The van der Waals surface area contributed by atoms with Crippen LogP contribution in [0, 0.1) is 5.92 Å². The molecule has 0 saturated carbocycles. The molecule has 2 unspecified atom stereocenters. The van der Waals surface area contributed by atoms with Crippen molar-refractivity contribution in [2.75, 3.05) is 13.1 Å². The van der Waals surface area contributed by atoms with Crippen molar-refractivity contribution in [2.24, 2.45) is 11.7 Å². The topological polar surface area (TPSA) is 59.5 Å². The lowest BCUT2D eigenvalue weighted by Crippen LogP contribution is -2.34. The van der Waals surface area contributed by atoms with Gasteiger partial charge in [-0.05, 0) is 37.9 Å². The third-order valence-electron chi connectivity index (χ3n) is 2.99. The summed E-state index contributed by atoms with van der Waals surface area (Å²) in [7, 11) is 0. The summed E-state index contributed by atoms with van der Waals surface area (Å²) in [4.78, 5) is 13.8. The van der Waals surface area contributed by atoms with Gasteiger partial charge in [0, 0.05) is 12.6 Å². The zero-order valence-corrected chi connectivity index (χ0v) is 8.85. The Hall–Kier alpha value is -1.29. The number of hydrogen-bond acceptors (Lipinski definition) is 3. The van der Waals surface area contributed by atoms with Gasteiger partial charge in [0.25, 0.3) is 5.91 Å². The van der Waals surface area contributed by atoms with Gasteiger partial charge in [-0.25, -0.2) is 0 Å². The number of nitrogens with zero attached hydrogens (tertiary/aromatic N) is 1. The number of nitrogens with two attached hydrogens (primary N) is 1. The molecule has 2 atom stereocenters. The third kappa shape index (κ3) is 1.90. The summed E-state index contributed by atoms with van der Waals surface area (Å²) in [5.74, 6) is 0.821. The number of carbonyl (C=O) groups is 1. The fourth-order valence-corrected chi connectivity index (χ4v) is 2.14. The van der Waals surface area contributed by atoms with Crippen molar-refractivity contribution in [2.45, 2.75) is 19.4 Å². The van der Waals surface area contributed by atoms with Gasteiger partial charge >= 0.3 is 0 Å². The average Bonchev–Trinajstić information content (AvgIpc) is 2.85. The summed E-state index contributed by atoms with van der Waals surface area (Å²) in [6, 6.07) is 3.69. The van der Waals surface area contributed by atoms with E-state index in [1.54, 1.807) is 12.1 Å². The van der Waals surface area contributed by atoms with Crippen molar-refractivity contribution < 1.29 is 9.21 Å². The van der Waals surface area contributed by atoms with Crippen LogP contribution in [0.2, 0.25) is 0 Å². The number of carbonyl (C=O) groups excluding carboxylic acids is 1. The molecule has 2 heterocycles. The highest BCUT2D eigenvalue weighted by Gasteiger charge is 2.32. The molecule has 2 rings (SSSR count). The van der Waals surface area contributed by atoms with Crippen LogP contribution < -0.4 is 5.73 Å². The Balaban J connectivity index is 2.09.